The molecule has 0 spiro atoms. The fourth-order valence-corrected chi connectivity index (χ4v) is 4.87. The van der Waals surface area contributed by atoms with Crippen molar-refractivity contribution in [1.29, 1.82) is 0 Å². The summed E-state index contributed by atoms with van der Waals surface area (Å²) in [5.74, 6) is -1.86. The molecule has 2 aliphatic carbocycles. The third-order valence-corrected chi connectivity index (χ3v) is 6.49. The first-order chi connectivity index (χ1) is 10.7. The molecule has 0 aromatic carbocycles. The molecule has 2 rings (SSSR count). The number of primary amides is 1. The first-order valence-corrected chi connectivity index (χ1v) is 9.63. The van der Waals surface area contributed by atoms with Gasteiger partial charge in [-0.1, -0.05) is 0 Å². The van der Waals surface area contributed by atoms with Gasteiger partial charge in [0.25, 0.3) is 0 Å². The molecular weight excluding hydrogens is 324 g/mol. The molecule has 0 radical (unpaired) electrons. The van der Waals surface area contributed by atoms with Crippen LogP contribution in [0.1, 0.15) is 38.5 Å². The second kappa shape index (κ2) is 6.74. The van der Waals surface area contributed by atoms with E-state index in [-0.39, 0.29) is 17.9 Å². The first-order valence-electron chi connectivity index (χ1n) is 7.81. The molecule has 2 unspecified atom stereocenters. The molecule has 0 heterocycles. The Labute approximate surface area is 135 Å². The maximum absolute atomic E-state index is 12.0. The summed E-state index contributed by atoms with van der Waals surface area (Å²) in [5.41, 5.74) is 4.26. The summed E-state index contributed by atoms with van der Waals surface area (Å²) in [6, 6.07) is -0.764. The molecule has 2 fully saturated rings. The Balaban J connectivity index is 1.83. The van der Waals surface area contributed by atoms with Crippen LogP contribution in [0, 0.1) is 5.41 Å². The van der Waals surface area contributed by atoms with E-state index in [1.807, 2.05) is 0 Å². The maximum Gasteiger partial charge on any atom is 0.224 e. The van der Waals surface area contributed by atoms with Gasteiger partial charge in [-0.25, -0.2) is 8.42 Å². The number of aliphatic hydroxyl groups excluding tert-OH is 2. The molecule has 0 aromatic rings. The number of hydrogen-bond acceptors (Lipinski definition) is 6. The van der Waals surface area contributed by atoms with Gasteiger partial charge in [-0.05, 0) is 32.1 Å². The fraction of sp³-hybridized carbons (Fsp3) is 0.857. The van der Waals surface area contributed by atoms with Gasteiger partial charge in [0.05, 0.1) is 35.2 Å². The van der Waals surface area contributed by atoms with Crippen molar-refractivity contribution < 1.29 is 28.2 Å². The van der Waals surface area contributed by atoms with Crippen LogP contribution in [0.15, 0.2) is 0 Å². The third-order valence-electron chi connectivity index (χ3n) is 4.67. The fourth-order valence-electron chi connectivity index (χ4n) is 2.96. The molecule has 8 nitrogen and oxygen atoms in total. The minimum absolute atomic E-state index is 0.271. The van der Waals surface area contributed by atoms with E-state index >= 15 is 0 Å². The Bertz CT molecular complexity index is 562. The lowest BCUT2D eigenvalue weighted by Gasteiger charge is -2.32. The zero-order valence-corrected chi connectivity index (χ0v) is 13.7. The molecule has 2 amide bonds. The number of amides is 2. The highest BCUT2D eigenvalue weighted by atomic mass is 32.2. The molecule has 9 heteroatoms. The minimum Gasteiger partial charge on any atom is -0.391 e. The number of hydrogen-bond donors (Lipinski definition) is 4. The second-order valence-electron chi connectivity index (χ2n) is 6.65. The van der Waals surface area contributed by atoms with Crippen LogP contribution in [0.2, 0.25) is 0 Å². The summed E-state index contributed by atoms with van der Waals surface area (Å²) in [4.78, 5) is 23.1. The zero-order chi connectivity index (χ0) is 17.3. The quantitative estimate of drug-likeness (QED) is 0.438. The van der Waals surface area contributed by atoms with Gasteiger partial charge in [-0.15, -0.1) is 0 Å². The molecule has 0 aromatic heterocycles. The number of carbonyl (C=O) groups excluding carboxylic acids is 2. The number of rotatable bonds is 7. The lowest BCUT2D eigenvalue weighted by atomic mass is 9.90. The molecular formula is C14H24N2O6S. The van der Waals surface area contributed by atoms with Crippen molar-refractivity contribution in [3.05, 3.63) is 0 Å². The van der Waals surface area contributed by atoms with E-state index in [0.29, 0.717) is 32.1 Å². The van der Waals surface area contributed by atoms with Gasteiger partial charge in [0, 0.05) is 6.42 Å². The summed E-state index contributed by atoms with van der Waals surface area (Å²) in [6.07, 6.45) is 0.657. The van der Waals surface area contributed by atoms with E-state index in [0.717, 1.165) is 0 Å². The van der Waals surface area contributed by atoms with Crippen molar-refractivity contribution in [3.63, 3.8) is 0 Å². The van der Waals surface area contributed by atoms with Crippen molar-refractivity contribution >= 4 is 21.7 Å². The molecule has 3 atom stereocenters. The van der Waals surface area contributed by atoms with Crippen LogP contribution in [-0.4, -0.2) is 60.2 Å². The smallest absolute Gasteiger partial charge is 0.224 e. The molecule has 2 saturated carbocycles. The van der Waals surface area contributed by atoms with Crippen molar-refractivity contribution in [2.75, 3.05) is 11.5 Å². The van der Waals surface area contributed by atoms with Crippen molar-refractivity contribution in [2.24, 2.45) is 11.1 Å². The van der Waals surface area contributed by atoms with E-state index in [1.54, 1.807) is 0 Å². The summed E-state index contributed by atoms with van der Waals surface area (Å²) < 4.78 is 24.1. The molecule has 0 saturated heterocycles. The van der Waals surface area contributed by atoms with E-state index in [2.05, 4.69) is 5.32 Å². The Kier molecular flexibility index (Phi) is 5.32. The van der Waals surface area contributed by atoms with E-state index in [1.165, 1.54) is 0 Å². The number of nitrogens with one attached hydrogen (secondary N) is 1. The van der Waals surface area contributed by atoms with Gasteiger partial charge < -0.3 is 21.3 Å². The monoisotopic (exact) mass is 348 g/mol. The van der Waals surface area contributed by atoms with Crippen LogP contribution in [0.4, 0.5) is 0 Å². The summed E-state index contributed by atoms with van der Waals surface area (Å²) in [5, 5.41) is 22.1. The molecule has 5 N–H and O–H groups in total. The zero-order valence-electron chi connectivity index (χ0n) is 12.9. The van der Waals surface area contributed by atoms with Crippen molar-refractivity contribution in [1.82, 2.24) is 5.32 Å². The lowest BCUT2D eigenvalue weighted by Crippen LogP contribution is -2.53. The number of carbonyl (C=O) groups is 2. The van der Waals surface area contributed by atoms with Crippen LogP contribution in [-0.2, 0) is 19.4 Å². The molecule has 0 aliphatic heterocycles. The summed E-state index contributed by atoms with van der Waals surface area (Å²) >= 11 is 0. The van der Waals surface area contributed by atoms with Gasteiger partial charge in [-0.3, -0.25) is 9.59 Å². The summed E-state index contributed by atoms with van der Waals surface area (Å²) in [7, 11) is -3.57. The number of nitrogens with two attached hydrogens (primary N) is 1. The first kappa shape index (κ1) is 18.2. The topological polar surface area (TPSA) is 147 Å². The van der Waals surface area contributed by atoms with Crippen LogP contribution >= 0.6 is 0 Å². The largest absolute Gasteiger partial charge is 0.391 e. The van der Waals surface area contributed by atoms with Crippen LogP contribution in [0.5, 0.6) is 0 Å². The predicted octanol–water partition coefficient (Wildman–Crippen LogP) is -1.55. The maximum atomic E-state index is 12.0. The minimum atomic E-state index is -3.57. The molecule has 132 valence electrons. The number of sulfone groups is 1. The normalized spacial score (nSPS) is 29.7. The van der Waals surface area contributed by atoms with E-state index in [4.69, 9.17) is 5.73 Å². The second-order valence-corrected chi connectivity index (χ2v) is 8.83. The van der Waals surface area contributed by atoms with Gasteiger partial charge >= 0.3 is 0 Å². The van der Waals surface area contributed by atoms with Gasteiger partial charge in [0.1, 0.15) is 0 Å². The highest BCUT2D eigenvalue weighted by molar-refractivity contribution is 7.91. The Morgan fingerprint density at radius 2 is 1.74 bits per heavy atom. The van der Waals surface area contributed by atoms with Gasteiger partial charge in [-0.2, -0.15) is 0 Å². The van der Waals surface area contributed by atoms with Crippen LogP contribution in [0.3, 0.4) is 0 Å². The third kappa shape index (κ3) is 4.65. The van der Waals surface area contributed by atoms with Crippen LogP contribution < -0.4 is 11.1 Å². The molecule has 23 heavy (non-hydrogen) atoms. The Morgan fingerprint density at radius 3 is 2.22 bits per heavy atom. The Morgan fingerprint density at radius 1 is 1.17 bits per heavy atom. The summed E-state index contributed by atoms with van der Waals surface area (Å²) in [6.45, 7) is 0. The van der Waals surface area contributed by atoms with Crippen molar-refractivity contribution in [2.45, 2.75) is 56.8 Å². The number of aliphatic hydroxyl groups is 2. The van der Waals surface area contributed by atoms with E-state index < -0.39 is 45.3 Å². The standard InChI is InChI=1S/C14H24N2O6S/c15-13(20)14(5-6-14)8-23(21,22)7-4-11(19)16-12-9(17)2-1-3-10(12)18/h9-10,12,17-18H,1-8H2,(H2,15,20)(H,16,19)/t9-,10?,12?/m1/s1. The van der Waals surface area contributed by atoms with Gasteiger partial charge in [0.15, 0.2) is 9.84 Å². The highest BCUT2D eigenvalue weighted by Crippen LogP contribution is 2.46. The lowest BCUT2D eigenvalue weighted by molar-refractivity contribution is -0.124. The van der Waals surface area contributed by atoms with Gasteiger partial charge in [0.2, 0.25) is 11.8 Å². The van der Waals surface area contributed by atoms with Crippen LogP contribution in [0.25, 0.3) is 0 Å². The molecule has 2 aliphatic rings. The SMILES string of the molecule is NC(=O)C1(CS(=O)(=O)CCC(=O)NC2C(O)CCC[C@H]2O)CC1. The average Bonchev–Trinajstić information content (AvgIpc) is 3.21. The molecule has 0 bridgehead atoms. The Hall–Kier alpha value is -1.19. The van der Waals surface area contributed by atoms with Crippen molar-refractivity contribution in [3.8, 4) is 0 Å². The predicted molar refractivity (Wildman–Crippen MR) is 81.9 cm³/mol. The van der Waals surface area contributed by atoms with E-state index in [9.17, 15) is 28.2 Å². The average molecular weight is 348 g/mol. The highest BCUT2D eigenvalue weighted by Gasteiger charge is 2.51.